The number of aryl methyl sites for hydroxylation is 1. The number of carbonyl (C=O) groups excluding carboxylic acids is 1. The molecular formula is C14H13NO2. The summed E-state index contributed by atoms with van der Waals surface area (Å²) in [7, 11) is 0. The van der Waals surface area contributed by atoms with Gasteiger partial charge < -0.3 is 5.11 Å². The molecule has 0 bridgehead atoms. The third-order valence-electron chi connectivity index (χ3n) is 2.48. The zero-order valence-corrected chi connectivity index (χ0v) is 9.55. The summed E-state index contributed by atoms with van der Waals surface area (Å²) >= 11 is 0. The van der Waals surface area contributed by atoms with Gasteiger partial charge in [-0.3, -0.25) is 9.78 Å². The number of phenolic OH excluding ortho intramolecular Hbond substituents is 1. The first-order valence-electron chi connectivity index (χ1n) is 5.40. The molecule has 1 aromatic heterocycles. The predicted octanol–water partition coefficient (Wildman–Crippen LogP) is 2.52. The third-order valence-corrected chi connectivity index (χ3v) is 2.48. The Morgan fingerprint density at radius 3 is 2.53 bits per heavy atom. The van der Waals surface area contributed by atoms with E-state index < -0.39 is 0 Å². The largest absolute Gasteiger partial charge is 0.508 e. The first kappa shape index (κ1) is 11.3. The highest BCUT2D eigenvalue weighted by Crippen LogP contribution is 2.12. The summed E-state index contributed by atoms with van der Waals surface area (Å²) < 4.78 is 0. The SMILES string of the molecule is Cc1cccc(C(=O)Cc2ccc(O)cc2)n1. The van der Waals surface area contributed by atoms with E-state index in [0.29, 0.717) is 12.1 Å². The summed E-state index contributed by atoms with van der Waals surface area (Å²) in [6.07, 6.45) is 0.302. The summed E-state index contributed by atoms with van der Waals surface area (Å²) in [6.45, 7) is 1.86. The Morgan fingerprint density at radius 2 is 1.88 bits per heavy atom. The van der Waals surface area contributed by atoms with Gasteiger partial charge in [0.15, 0.2) is 5.78 Å². The molecule has 17 heavy (non-hydrogen) atoms. The zero-order chi connectivity index (χ0) is 12.3. The maximum absolute atomic E-state index is 11.9. The van der Waals surface area contributed by atoms with Crippen LogP contribution in [0.2, 0.25) is 0 Å². The Balaban J connectivity index is 2.14. The Labute approximate surface area is 99.8 Å². The van der Waals surface area contributed by atoms with Crippen molar-refractivity contribution in [2.75, 3.05) is 0 Å². The molecule has 0 unspecified atom stereocenters. The molecule has 0 saturated heterocycles. The van der Waals surface area contributed by atoms with Gasteiger partial charge in [-0.15, -0.1) is 0 Å². The van der Waals surface area contributed by atoms with Gasteiger partial charge >= 0.3 is 0 Å². The minimum absolute atomic E-state index is 0.0145. The Bertz CT molecular complexity index is 532. The maximum Gasteiger partial charge on any atom is 0.185 e. The number of Topliss-reactive ketones (excluding diaryl/α,β-unsaturated/α-hetero) is 1. The second-order valence-corrected chi connectivity index (χ2v) is 3.93. The fourth-order valence-electron chi connectivity index (χ4n) is 1.59. The fourth-order valence-corrected chi connectivity index (χ4v) is 1.59. The average Bonchev–Trinajstić information content (AvgIpc) is 2.32. The van der Waals surface area contributed by atoms with Gasteiger partial charge in [-0.2, -0.15) is 0 Å². The van der Waals surface area contributed by atoms with E-state index in [4.69, 9.17) is 5.11 Å². The van der Waals surface area contributed by atoms with Crippen molar-refractivity contribution in [2.24, 2.45) is 0 Å². The number of phenols is 1. The second kappa shape index (κ2) is 4.78. The maximum atomic E-state index is 11.9. The van der Waals surface area contributed by atoms with Gasteiger partial charge in [0.05, 0.1) is 0 Å². The lowest BCUT2D eigenvalue weighted by Gasteiger charge is -2.02. The van der Waals surface area contributed by atoms with Crippen molar-refractivity contribution in [3.05, 3.63) is 59.4 Å². The van der Waals surface area contributed by atoms with Gasteiger partial charge in [-0.25, -0.2) is 0 Å². The summed E-state index contributed by atoms with van der Waals surface area (Å²) in [5, 5.41) is 9.15. The molecule has 0 atom stereocenters. The smallest absolute Gasteiger partial charge is 0.185 e. The first-order chi connectivity index (χ1) is 8.15. The fraction of sp³-hybridized carbons (Fsp3) is 0.143. The van der Waals surface area contributed by atoms with Crippen molar-refractivity contribution in [1.29, 1.82) is 0 Å². The van der Waals surface area contributed by atoms with E-state index >= 15 is 0 Å². The molecule has 0 radical (unpaired) electrons. The number of benzene rings is 1. The molecule has 86 valence electrons. The summed E-state index contributed by atoms with van der Waals surface area (Å²) in [5.41, 5.74) is 2.19. The number of aromatic nitrogens is 1. The number of rotatable bonds is 3. The monoisotopic (exact) mass is 227 g/mol. The molecule has 3 heteroatoms. The van der Waals surface area contributed by atoms with Crippen LogP contribution in [0.5, 0.6) is 5.75 Å². The van der Waals surface area contributed by atoms with Crippen LogP contribution in [0.4, 0.5) is 0 Å². The van der Waals surface area contributed by atoms with Crippen molar-refractivity contribution < 1.29 is 9.90 Å². The molecule has 0 amide bonds. The average molecular weight is 227 g/mol. The molecule has 0 aliphatic heterocycles. The molecule has 0 spiro atoms. The van der Waals surface area contributed by atoms with Gasteiger partial charge in [0.25, 0.3) is 0 Å². The standard InChI is InChI=1S/C14H13NO2/c1-10-3-2-4-13(15-10)14(17)9-11-5-7-12(16)8-6-11/h2-8,16H,9H2,1H3. The minimum Gasteiger partial charge on any atom is -0.508 e. The highest BCUT2D eigenvalue weighted by atomic mass is 16.3. The summed E-state index contributed by atoms with van der Waals surface area (Å²) in [6, 6.07) is 12.0. The van der Waals surface area contributed by atoms with Crippen molar-refractivity contribution in [2.45, 2.75) is 13.3 Å². The van der Waals surface area contributed by atoms with Crippen molar-refractivity contribution >= 4 is 5.78 Å². The number of aromatic hydroxyl groups is 1. The van der Waals surface area contributed by atoms with Crippen molar-refractivity contribution in [3.8, 4) is 5.75 Å². The zero-order valence-electron chi connectivity index (χ0n) is 9.55. The number of hydrogen-bond donors (Lipinski definition) is 1. The lowest BCUT2D eigenvalue weighted by atomic mass is 10.1. The van der Waals surface area contributed by atoms with E-state index in [9.17, 15) is 4.79 Å². The van der Waals surface area contributed by atoms with E-state index in [2.05, 4.69) is 4.98 Å². The van der Waals surface area contributed by atoms with Crippen LogP contribution in [0.1, 0.15) is 21.7 Å². The van der Waals surface area contributed by atoms with E-state index in [0.717, 1.165) is 11.3 Å². The first-order valence-corrected chi connectivity index (χ1v) is 5.40. The number of carbonyl (C=O) groups is 1. The molecule has 3 nitrogen and oxygen atoms in total. The normalized spacial score (nSPS) is 10.2. The molecule has 0 aliphatic rings. The molecule has 1 N–H and O–H groups in total. The van der Waals surface area contributed by atoms with Gasteiger partial charge in [-0.1, -0.05) is 18.2 Å². The lowest BCUT2D eigenvalue weighted by molar-refractivity contribution is 0.0988. The summed E-state index contributed by atoms with van der Waals surface area (Å²) in [5.74, 6) is 0.189. The summed E-state index contributed by atoms with van der Waals surface area (Å²) in [4.78, 5) is 16.1. The quantitative estimate of drug-likeness (QED) is 0.820. The van der Waals surface area contributed by atoms with Crippen LogP contribution in [0.25, 0.3) is 0 Å². The van der Waals surface area contributed by atoms with E-state index in [1.54, 1.807) is 30.3 Å². The lowest BCUT2D eigenvalue weighted by Crippen LogP contribution is -2.06. The Morgan fingerprint density at radius 1 is 1.18 bits per heavy atom. The van der Waals surface area contributed by atoms with Crippen LogP contribution in [0.3, 0.4) is 0 Å². The third kappa shape index (κ3) is 2.91. The van der Waals surface area contributed by atoms with Gasteiger partial charge in [0.2, 0.25) is 0 Å². The Hall–Kier alpha value is -2.16. The highest BCUT2D eigenvalue weighted by Gasteiger charge is 2.08. The van der Waals surface area contributed by atoms with Gasteiger partial charge in [-0.05, 0) is 36.8 Å². The minimum atomic E-state index is -0.0145. The predicted molar refractivity (Wildman–Crippen MR) is 65.1 cm³/mol. The van der Waals surface area contributed by atoms with Crippen LogP contribution in [-0.2, 0) is 6.42 Å². The van der Waals surface area contributed by atoms with E-state index in [1.807, 2.05) is 19.1 Å². The second-order valence-electron chi connectivity index (χ2n) is 3.93. The highest BCUT2D eigenvalue weighted by molar-refractivity contribution is 5.95. The molecule has 1 heterocycles. The molecule has 1 aromatic carbocycles. The molecule has 0 saturated carbocycles. The topological polar surface area (TPSA) is 50.2 Å². The van der Waals surface area contributed by atoms with Crippen LogP contribution in [-0.4, -0.2) is 15.9 Å². The van der Waals surface area contributed by atoms with Crippen molar-refractivity contribution in [1.82, 2.24) is 4.98 Å². The molecule has 2 aromatic rings. The van der Waals surface area contributed by atoms with Gasteiger partial charge in [0, 0.05) is 12.1 Å². The number of nitrogens with zero attached hydrogens (tertiary/aromatic N) is 1. The van der Waals surface area contributed by atoms with Gasteiger partial charge in [0.1, 0.15) is 11.4 Å². The van der Waals surface area contributed by atoms with Crippen LogP contribution >= 0.6 is 0 Å². The molecular weight excluding hydrogens is 214 g/mol. The van der Waals surface area contributed by atoms with E-state index in [-0.39, 0.29) is 11.5 Å². The number of hydrogen-bond acceptors (Lipinski definition) is 3. The number of pyridine rings is 1. The number of ketones is 1. The van der Waals surface area contributed by atoms with E-state index in [1.165, 1.54) is 0 Å². The van der Waals surface area contributed by atoms with Crippen LogP contribution < -0.4 is 0 Å². The van der Waals surface area contributed by atoms with Crippen molar-refractivity contribution in [3.63, 3.8) is 0 Å². The molecule has 0 fully saturated rings. The molecule has 2 rings (SSSR count). The van der Waals surface area contributed by atoms with Crippen LogP contribution in [0, 0.1) is 6.92 Å². The van der Waals surface area contributed by atoms with Crippen LogP contribution in [0.15, 0.2) is 42.5 Å². The Kier molecular flexibility index (Phi) is 3.19. The molecule has 0 aliphatic carbocycles.